The van der Waals surface area contributed by atoms with Gasteiger partial charge in [-0.2, -0.15) is 0 Å². The summed E-state index contributed by atoms with van der Waals surface area (Å²) < 4.78 is 10.7. The number of rotatable bonds is 8. The molecule has 1 amide bonds. The van der Waals surface area contributed by atoms with Crippen LogP contribution in [0.4, 0.5) is 0 Å². The molecule has 0 radical (unpaired) electrons. The van der Waals surface area contributed by atoms with E-state index in [0.717, 1.165) is 16.6 Å². The minimum Gasteiger partial charge on any atom is -0.467 e. The Morgan fingerprint density at radius 3 is 2.37 bits per heavy atom. The number of nitrogens with two attached hydrogens (primary N) is 1. The van der Waals surface area contributed by atoms with Crippen molar-refractivity contribution in [2.75, 3.05) is 20.3 Å². The third-order valence-electron chi connectivity index (χ3n) is 3.94. The van der Waals surface area contributed by atoms with Gasteiger partial charge in [0, 0.05) is 18.3 Å². The van der Waals surface area contributed by atoms with Gasteiger partial charge in [-0.25, -0.2) is 9.59 Å². The summed E-state index contributed by atoms with van der Waals surface area (Å²) in [5.41, 5.74) is 3.76. The molecular formula is C18H28N4O8. The Balaban J connectivity index is 3.20. The maximum absolute atomic E-state index is 12.9. The van der Waals surface area contributed by atoms with E-state index in [-0.39, 0.29) is 5.56 Å². The van der Waals surface area contributed by atoms with Gasteiger partial charge in [0.2, 0.25) is 5.91 Å². The number of aliphatic hydroxyl groups excluding tert-OH is 1. The van der Waals surface area contributed by atoms with Crippen LogP contribution in [-0.4, -0.2) is 75.3 Å². The lowest BCUT2D eigenvalue weighted by Gasteiger charge is -2.31. The molecule has 1 heterocycles. The highest BCUT2D eigenvalue weighted by Crippen LogP contribution is 2.10. The Bertz CT molecular complexity index is 899. The zero-order valence-electron chi connectivity index (χ0n) is 17.6. The number of carbonyl (C=O) groups excluding carboxylic acids is 3. The van der Waals surface area contributed by atoms with Gasteiger partial charge in [0.15, 0.2) is 6.04 Å². The summed E-state index contributed by atoms with van der Waals surface area (Å²) in [5, 5.41) is 9.62. The van der Waals surface area contributed by atoms with Crippen LogP contribution < -0.4 is 17.0 Å². The second kappa shape index (κ2) is 10.2. The van der Waals surface area contributed by atoms with Crippen LogP contribution in [0.5, 0.6) is 0 Å². The SMILES string of the molecule is COC(=O)[C@H](CO)N(CC(N)C(=O)OC(C)(C)C)C(=O)Cn1cc(C)c(=O)[nH]c1=O. The number of carbonyl (C=O) groups is 3. The van der Waals surface area contributed by atoms with E-state index >= 15 is 0 Å². The lowest BCUT2D eigenvalue weighted by atomic mass is 10.1. The summed E-state index contributed by atoms with van der Waals surface area (Å²) in [5.74, 6) is -2.57. The molecule has 168 valence electrons. The van der Waals surface area contributed by atoms with Gasteiger partial charge in [-0.05, 0) is 27.7 Å². The number of nitrogens with one attached hydrogen (secondary N) is 1. The molecule has 1 rings (SSSR count). The Hall–Kier alpha value is -2.99. The number of esters is 2. The topological polar surface area (TPSA) is 174 Å². The number of H-pyrrole nitrogens is 1. The standard InChI is InChI=1S/C18H28N4O8/c1-10-6-21(17(28)20-14(10)25)8-13(24)22(12(9-23)16(27)29-5)7-11(19)15(26)30-18(2,3)4/h6,11-12,23H,7-9,19H2,1-5H3,(H,20,25,28)/t11?,12-/m0/s1. The number of amides is 1. The number of aryl methyl sites for hydroxylation is 1. The van der Waals surface area contributed by atoms with E-state index in [4.69, 9.17) is 10.5 Å². The summed E-state index contributed by atoms with van der Waals surface area (Å²) in [4.78, 5) is 63.5. The molecule has 0 spiro atoms. The highest BCUT2D eigenvalue weighted by Gasteiger charge is 2.34. The second-order valence-electron chi connectivity index (χ2n) is 7.61. The average molecular weight is 428 g/mol. The van der Waals surface area contributed by atoms with E-state index < -0.39 is 66.5 Å². The Kier molecular flexibility index (Phi) is 8.49. The van der Waals surface area contributed by atoms with Crippen molar-refractivity contribution >= 4 is 17.8 Å². The van der Waals surface area contributed by atoms with Crippen LogP contribution >= 0.6 is 0 Å². The number of hydrogen-bond donors (Lipinski definition) is 3. The Morgan fingerprint density at radius 2 is 1.87 bits per heavy atom. The van der Waals surface area contributed by atoms with Crippen LogP contribution in [0.3, 0.4) is 0 Å². The summed E-state index contributed by atoms with van der Waals surface area (Å²) in [6, 6.07) is -2.79. The van der Waals surface area contributed by atoms with Crippen LogP contribution in [0.1, 0.15) is 26.3 Å². The van der Waals surface area contributed by atoms with E-state index in [2.05, 4.69) is 9.72 Å². The maximum Gasteiger partial charge on any atom is 0.330 e. The van der Waals surface area contributed by atoms with Gasteiger partial charge in [-0.1, -0.05) is 0 Å². The lowest BCUT2D eigenvalue weighted by molar-refractivity contribution is -0.161. The number of nitrogens with zero attached hydrogens (tertiary/aromatic N) is 2. The summed E-state index contributed by atoms with van der Waals surface area (Å²) in [6.07, 6.45) is 1.18. The first kappa shape index (κ1) is 25.0. The normalized spacial score (nSPS) is 13.3. The molecule has 0 aliphatic heterocycles. The molecule has 2 atom stereocenters. The minimum absolute atomic E-state index is 0.186. The zero-order chi connectivity index (χ0) is 23.2. The zero-order valence-corrected chi connectivity index (χ0v) is 17.6. The molecule has 0 aromatic carbocycles. The molecular weight excluding hydrogens is 400 g/mol. The molecule has 0 aliphatic carbocycles. The predicted octanol–water partition coefficient (Wildman–Crippen LogP) is -2.12. The number of hydrogen-bond acceptors (Lipinski definition) is 9. The van der Waals surface area contributed by atoms with E-state index in [1.165, 1.54) is 13.1 Å². The van der Waals surface area contributed by atoms with Crippen molar-refractivity contribution in [1.82, 2.24) is 14.5 Å². The van der Waals surface area contributed by atoms with Gasteiger partial charge in [0.1, 0.15) is 18.2 Å². The molecule has 0 saturated heterocycles. The van der Waals surface area contributed by atoms with Crippen molar-refractivity contribution in [2.45, 2.75) is 51.9 Å². The van der Waals surface area contributed by atoms with Crippen LogP contribution in [-0.2, 0) is 30.4 Å². The third-order valence-corrected chi connectivity index (χ3v) is 3.94. The molecule has 0 aliphatic rings. The molecule has 1 aromatic rings. The lowest BCUT2D eigenvalue weighted by Crippen LogP contribution is -2.55. The van der Waals surface area contributed by atoms with Gasteiger partial charge in [0.25, 0.3) is 5.56 Å². The van der Waals surface area contributed by atoms with Crippen LogP contribution in [0.2, 0.25) is 0 Å². The van der Waals surface area contributed by atoms with Crippen molar-refractivity contribution in [3.8, 4) is 0 Å². The fraction of sp³-hybridized carbons (Fsp3) is 0.611. The number of aromatic amines is 1. The average Bonchev–Trinajstić information content (AvgIpc) is 2.63. The van der Waals surface area contributed by atoms with Gasteiger partial charge in [-0.3, -0.25) is 23.9 Å². The summed E-state index contributed by atoms with van der Waals surface area (Å²) in [6.45, 7) is 4.49. The first-order valence-electron chi connectivity index (χ1n) is 9.07. The molecule has 12 heteroatoms. The molecule has 12 nitrogen and oxygen atoms in total. The summed E-state index contributed by atoms with van der Waals surface area (Å²) in [7, 11) is 1.07. The smallest absolute Gasteiger partial charge is 0.330 e. The van der Waals surface area contributed by atoms with E-state index in [1.807, 2.05) is 0 Å². The first-order chi connectivity index (χ1) is 13.8. The molecule has 0 saturated carbocycles. The van der Waals surface area contributed by atoms with E-state index in [1.54, 1.807) is 20.8 Å². The Labute approximate surface area is 172 Å². The van der Waals surface area contributed by atoms with Gasteiger partial charge < -0.3 is 25.2 Å². The molecule has 4 N–H and O–H groups in total. The van der Waals surface area contributed by atoms with Crippen molar-refractivity contribution in [1.29, 1.82) is 0 Å². The van der Waals surface area contributed by atoms with Gasteiger partial charge in [0.05, 0.1) is 13.7 Å². The largest absolute Gasteiger partial charge is 0.467 e. The molecule has 0 bridgehead atoms. The van der Waals surface area contributed by atoms with Crippen LogP contribution in [0.15, 0.2) is 15.8 Å². The predicted molar refractivity (Wildman–Crippen MR) is 104 cm³/mol. The number of aromatic nitrogens is 2. The molecule has 30 heavy (non-hydrogen) atoms. The fourth-order valence-electron chi connectivity index (χ4n) is 2.48. The second-order valence-corrected chi connectivity index (χ2v) is 7.61. The quantitative estimate of drug-likeness (QED) is 0.391. The van der Waals surface area contributed by atoms with E-state index in [9.17, 15) is 29.1 Å². The van der Waals surface area contributed by atoms with Crippen LogP contribution in [0, 0.1) is 6.92 Å². The monoisotopic (exact) mass is 428 g/mol. The molecule has 1 unspecified atom stereocenters. The fourth-order valence-corrected chi connectivity index (χ4v) is 2.48. The minimum atomic E-state index is -1.46. The number of methoxy groups -OCH3 is 1. The van der Waals surface area contributed by atoms with Crippen molar-refractivity contribution < 1.29 is 29.0 Å². The molecule has 0 fully saturated rings. The third kappa shape index (κ3) is 6.81. The first-order valence-corrected chi connectivity index (χ1v) is 9.07. The molecule has 1 aromatic heterocycles. The van der Waals surface area contributed by atoms with Crippen molar-refractivity contribution in [3.63, 3.8) is 0 Å². The summed E-state index contributed by atoms with van der Waals surface area (Å²) >= 11 is 0. The Morgan fingerprint density at radius 1 is 1.27 bits per heavy atom. The van der Waals surface area contributed by atoms with E-state index in [0.29, 0.717) is 0 Å². The van der Waals surface area contributed by atoms with Crippen molar-refractivity contribution in [2.24, 2.45) is 5.73 Å². The van der Waals surface area contributed by atoms with Gasteiger partial charge >= 0.3 is 17.6 Å². The van der Waals surface area contributed by atoms with Gasteiger partial charge in [-0.15, -0.1) is 0 Å². The maximum atomic E-state index is 12.9. The highest BCUT2D eigenvalue weighted by atomic mass is 16.6. The number of aliphatic hydroxyl groups is 1. The van der Waals surface area contributed by atoms with Crippen molar-refractivity contribution in [3.05, 3.63) is 32.6 Å². The highest BCUT2D eigenvalue weighted by molar-refractivity contribution is 5.85. The van der Waals surface area contributed by atoms with Crippen LogP contribution in [0.25, 0.3) is 0 Å². The number of ether oxygens (including phenoxy) is 2.